The fourth-order valence-corrected chi connectivity index (χ4v) is 3.51. The number of hydrogen-bond donors (Lipinski definition) is 2. The normalized spacial score (nSPS) is 16.7. The molecule has 1 aliphatic heterocycles. The van der Waals surface area contributed by atoms with Crippen molar-refractivity contribution in [2.45, 2.75) is 18.9 Å². The Balaban J connectivity index is 1.90. The van der Waals surface area contributed by atoms with Crippen molar-refractivity contribution in [1.82, 2.24) is 10.2 Å². The molecule has 0 bridgehead atoms. The molecular formula is C14H17BrIN3OS. The summed E-state index contributed by atoms with van der Waals surface area (Å²) in [5.41, 5.74) is 6.28. The molecule has 0 aromatic heterocycles. The zero-order valence-corrected chi connectivity index (χ0v) is 16.0. The molecule has 0 atom stereocenters. The monoisotopic (exact) mass is 481 g/mol. The highest BCUT2D eigenvalue weighted by Crippen LogP contribution is 2.19. The number of piperidine rings is 1. The highest BCUT2D eigenvalue weighted by atomic mass is 127. The van der Waals surface area contributed by atoms with E-state index in [1.807, 2.05) is 18.2 Å². The molecule has 1 amide bonds. The first-order chi connectivity index (χ1) is 9.95. The largest absolute Gasteiger partial charge is 0.392 e. The van der Waals surface area contributed by atoms with Crippen LogP contribution in [0.1, 0.15) is 23.2 Å². The quantitative estimate of drug-likeness (QED) is 0.512. The summed E-state index contributed by atoms with van der Waals surface area (Å²) in [4.78, 5) is 15.1. The van der Waals surface area contributed by atoms with Crippen molar-refractivity contribution in [2.75, 3.05) is 19.6 Å². The average Bonchev–Trinajstić information content (AvgIpc) is 2.43. The summed E-state index contributed by atoms with van der Waals surface area (Å²) in [6, 6.07) is 5.95. The Hall–Kier alpha value is -0.250. The van der Waals surface area contributed by atoms with E-state index in [9.17, 15) is 4.79 Å². The molecular weight excluding hydrogens is 465 g/mol. The van der Waals surface area contributed by atoms with Crippen molar-refractivity contribution in [1.29, 1.82) is 0 Å². The third-order valence-corrected chi connectivity index (χ3v) is 5.04. The molecule has 1 fully saturated rings. The minimum absolute atomic E-state index is 0.00602. The van der Waals surface area contributed by atoms with Gasteiger partial charge in [0.15, 0.2) is 0 Å². The molecule has 0 aliphatic carbocycles. The third-order valence-electron chi connectivity index (χ3n) is 3.48. The summed E-state index contributed by atoms with van der Waals surface area (Å²) in [6.45, 7) is 2.50. The molecule has 0 spiro atoms. The second kappa shape index (κ2) is 7.85. The molecule has 1 heterocycles. The lowest BCUT2D eigenvalue weighted by molar-refractivity contribution is 0.0914. The van der Waals surface area contributed by atoms with Crippen LogP contribution in [0.3, 0.4) is 0 Å². The molecule has 7 heteroatoms. The zero-order chi connectivity index (χ0) is 15.4. The van der Waals surface area contributed by atoms with Crippen molar-refractivity contribution in [3.8, 4) is 0 Å². The molecule has 0 saturated carbocycles. The van der Waals surface area contributed by atoms with Crippen molar-refractivity contribution in [3.63, 3.8) is 0 Å². The number of carbonyl (C=O) groups excluding carboxylic acids is 1. The first-order valence-electron chi connectivity index (χ1n) is 6.72. The lowest BCUT2D eigenvalue weighted by Crippen LogP contribution is -2.46. The van der Waals surface area contributed by atoms with Crippen LogP contribution in [0.2, 0.25) is 0 Å². The Labute approximate surface area is 152 Å². The van der Waals surface area contributed by atoms with E-state index >= 15 is 0 Å². The van der Waals surface area contributed by atoms with Gasteiger partial charge in [0.25, 0.3) is 5.91 Å². The average molecular weight is 482 g/mol. The molecule has 2 rings (SSSR count). The van der Waals surface area contributed by atoms with E-state index in [0.29, 0.717) is 11.5 Å². The van der Waals surface area contributed by atoms with Crippen LogP contribution in [0.5, 0.6) is 0 Å². The number of benzene rings is 1. The number of thiocarbonyl (C=S) groups is 1. The standard InChI is InChI=1S/C14H17BrIN3OS/c15-9-1-2-12(16)11(7-9)14(20)18-10-3-5-19(6-4-10)8-13(17)21/h1-2,7,10H,3-6,8H2,(H2,17,21)(H,18,20). The number of hydrogen-bond acceptors (Lipinski definition) is 3. The third kappa shape index (κ3) is 5.15. The Morgan fingerprint density at radius 2 is 2.14 bits per heavy atom. The van der Waals surface area contributed by atoms with Gasteiger partial charge < -0.3 is 11.1 Å². The van der Waals surface area contributed by atoms with Crippen LogP contribution in [0.4, 0.5) is 0 Å². The number of carbonyl (C=O) groups is 1. The van der Waals surface area contributed by atoms with Crippen LogP contribution in [-0.4, -0.2) is 41.5 Å². The summed E-state index contributed by atoms with van der Waals surface area (Å²) in [5.74, 6) is -0.00602. The number of amides is 1. The van der Waals surface area contributed by atoms with Crippen LogP contribution in [0.15, 0.2) is 22.7 Å². The van der Waals surface area contributed by atoms with Crippen LogP contribution in [-0.2, 0) is 0 Å². The number of nitrogens with zero attached hydrogens (tertiary/aromatic N) is 1. The maximum atomic E-state index is 12.4. The predicted octanol–water partition coefficient (Wildman–Crippen LogP) is 2.53. The number of nitrogens with two attached hydrogens (primary N) is 1. The van der Waals surface area contributed by atoms with E-state index in [0.717, 1.165) is 39.5 Å². The molecule has 0 unspecified atom stereocenters. The van der Waals surface area contributed by atoms with Gasteiger partial charge in [0.1, 0.15) is 0 Å². The Bertz CT molecular complexity index is 547. The van der Waals surface area contributed by atoms with Gasteiger partial charge in [0.2, 0.25) is 0 Å². The van der Waals surface area contributed by atoms with Gasteiger partial charge in [-0.15, -0.1) is 0 Å². The summed E-state index contributed by atoms with van der Waals surface area (Å²) >= 11 is 10.5. The first kappa shape index (κ1) is 17.1. The molecule has 114 valence electrons. The van der Waals surface area contributed by atoms with E-state index < -0.39 is 0 Å². The lowest BCUT2D eigenvalue weighted by Gasteiger charge is -2.32. The van der Waals surface area contributed by atoms with Gasteiger partial charge >= 0.3 is 0 Å². The molecule has 1 aromatic carbocycles. The fourth-order valence-electron chi connectivity index (χ4n) is 2.39. The van der Waals surface area contributed by atoms with Crippen molar-refractivity contribution < 1.29 is 4.79 Å². The minimum Gasteiger partial charge on any atom is -0.392 e. The van der Waals surface area contributed by atoms with Crippen molar-refractivity contribution in [3.05, 3.63) is 31.8 Å². The highest BCUT2D eigenvalue weighted by molar-refractivity contribution is 14.1. The maximum Gasteiger partial charge on any atom is 0.252 e. The summed E-state index contributed by atoms with van der Waals surface area (Å²) in [6.07, 6.45) is 1.86. The van der Waals surface area contributed by atoms with Crippen molar-refractivity contribution in [2.24, 2.45) is 5.73 Å². The number of nitrogens with one attached hydrogen (secondary N) is 1. The smallest absolute Gasteiger partial charge is 0.252 e. The summed E-state index contributed by atoms with van der Waals surface area (Å²) in [5, 5.41) is 3.12. The Morgan fingerprint density at radius 1 is 1.48 bits per heavy atom. The van der Waals surface area contributed by atoms with Crippen LogP contribution >= 0.6 is 50.7 Å². The van der Waals surface area contributed by atoms with Gasteiger partial charge in [0.05, 0.1) is 10.6 Å². The highest BCUT2D eigenvalue weighted by Gasteiger charge is 2.22. The lowest BCUT2D eigenvalue weighted by atomic mass is 10.0. The van der Waals surface area contributed by atoms with E-state index in [1.165, 1.54) is 0 Å². The predicted molar refractivity (Wildman–Crippen MR) is 101 cm³/mol. The minimum atomic E-state index is -0.00602. The topological polar surface area (TPSA) is 58.4 Å². The van der Waals surface area contributed by atoms with Gasteiger partial charge in [-0.25, -0.2) is 0 Å². The van der Waals surface area contributed by atoms with Gasteiger partial charge in [-0.05, 0) is 53.6 Å². The van der Waals surface area contributed by atoms with E-state index in [2.05, 4.69) is 48.7 Å². The SMILES string of the molecule is NC(=S)CN1CCC(NC(=O)c2cc(Br)ccc2I)CC1. The van der Waals surface area contributed by atoms with Gasteiger partial charge in [0, 0.05) is 33.7 Å². The second-order valence-electron chi connectivity index (χ2n) is 5.11. The molecule has 4 nitrogen and oxygen atoms in total. The van der Waals surface area contributed by atoms with Gasteiger partial charge in [-0.1, -0.05) is 28.1 Å². The molecule has 21 heavy (non-hydrogen) atoms. The zero-order valence-electron chi connectivity index (χ0n) is 11.4. The van der Waals surface area contributed by atoms with E-state index in [1.54, 1.807) is 0 Å². The first-order valence-corrected chi connectivity index (χ1v) is 9.00. The maximum absolute atomic E-state index is 12.4. The summed E-state index contributed by atoms with van der Waals surface area (Å²) in [7, 11) is 0. The van der Waals surface area contributed by atoms with Crippen LogP contribution < -0.4 is 11.1 Å². The van der Waals surface area contributed by atoms with E-state index in [4.69, 9.17) is 18.0 Å². The molecule has 1 aromatic rings. The molecule has 3 N–H and O–H groups in total. The van der Waals surface area contributed by atoms with Gasteiger partial charge in [-0.3, -0.25) is 9.69 Å². The fraction of sp³-hybridized carbons (Fsp3) is 0.429. The van der Waals surface area contributed by atoms with Gasteiger partial charge in [-0.2, -0.15) is 0 Å². The summed E-state index contributed by atoms with van der Waals surface area (Å²) < 4.78 is 1.87. The Kier molecular flexibility index (Phi) is 6.39. The van der Waals surface area contributed by atoms with E-state index in [-0.39, 0.29) is 11.9 Å². The Morgan fingerprint density at radius 3 is 2.76 bits per heavy atom. The number of halogens is 2. The number of likely N-dealkylation sites (tertiary alicyclic amines) is 1. The molecule has 1 aliphatic rings. The second-order valence-corrected chi connectivity index (χ2v) is 7.72. The van der Waals surface area contributed by atoms with Crippen LogP contribution in [0, 0.1) is 3.57 Å². The number of rotatable bonds is 4. The van der Waals surface area contributed by atoms with Crippen LogP contribution in [0.25, 0.3) is 0 Å². The molecule has 0 radical (unpaired) electrons. The van der Waals surface area contributed by atoms with Crippen molar-refractivity contribution >= 4 is 61.6 Å². The molecule has 1 saturated heterocycles.